The molecule has 2 nitrogen and oxygen atoms in total. The van der Waals surface area contributed by atoms with Gasteiger partial charge in [0.2, 0.25) is 0 Å². The van der Waals surface area contributed by atoms with Crippen LogP contribution in [0.5, 0.6) is 0 Å². The van der Waals surface area contributed by atoms with Crippen LogP contribution < -0.4 is 5.32 Å². The zero-order valence-electron chi connectivity index (χ0n) is 9.39. The lowest BCUT2D eigenvalue weighted by molar-refractivity contribution is 0.0953. The lowest BCUT2D eigenvalue weighted by atomic mass is 10.1. The van der Waals surface area contributed by atoms with Crippen LogP contribution in [0.15, 0.2) is 22.7 Å². The molecular weight excluding hydrogens is 334 g/mol. The summed E-state index contributed by atoms with van der Waals surface area (Å²) in [6.07, 6.45) is 0.995. The summed E-state index contributed by atoms with van der Waals surface area (Å²) < 4.78 is 0.832. The van der Waals surface area contributed by atoms with E-state index in [0.717, 1.165) is 16.5 Å². The second-order valence-electron chi connectivity index (χ2n) is 3.70. The van der Waals surface area contributed by atoms with Gasteiger partial charge in [0.15, 0.2) is 0 Å². The molecule has 0 aromatic heterocycles. The number of nitrogens with one attached hydrogen (secondary N) is 1. The molecule has 0 aliphatic rings. The van der Waals surface area contributed by atoms with Crippen LogP contribution in [0.25, 0.3) is 0 Å². The lowest BCUT2D eigenvalue weighted by Gasteiger charge is -2.10. The van der Waals surface area contributed by atoms with Crippen molar-refractivity contribution < 1.29 is 4.79 Å². The first-order valence-electron chi connectivity index (χ1n) is 5.23. The number of hydrogen-bond donors (Lipinski definition) is 1. The normalized spacial score (nSPS) is 12.2. The van der Waals surface area contributed by atoms with Crippen molar-refractivity contribution in [2.24, 2.45) is 0 Å². The van der Waals surface area contributed by atoms with Gasteiger partial charge in [0.25, 0.3) is 5.91 Å². The van der Waals surface area contributed by atoms with Crippen LogP contribution in [0, 0.1) is 6.92 Å². The molecule has 0 spiro atoms. The van der Waals surface area contributed by atoms with Crippen molar-refractivity contribution in [3.8, 4) is 0 Å². The molecule has 1 atom stereocenters. The van der Waals surface area contributed by atoms with Gasteiger partial charge < -0.3 is 5.32 Å². The summed E-state index contributed by atoms with van der Waals surface area (Å²) >= 11 is 6.87. The molecule has 4 heteroatoms. The Balaban J connectivity index is 2.69. The van der Waals surface area contributed by atoms with Gasteiger partial charge >= 0.3 is 0 Å². The number of hydrogen-bond acceptors (Lipinski definition) is 1. The summed E-state index contributed by atoms with van der Waals surface area (Å²) in [5, 5.41) is 2.90. The molecule has 0 radical (unpaired) electrons. The van der Waals surface area contributed by atoms with Crippen molar-refractivity contribution in [3.63, 3.8) is 0 Å². The third kappa shape index (κ3) is 3.91. The van der Waals surface area contributed by atoms with Crippen LogP contribution in [0.1, 0.15) is 29.3 Å². The molecule has 0 saturated heterocycles. The Morgan fingerprint density at radius 3 is 2.81 bits per heavy atom. The highest BCUT2D eigenvalue weighted by Crippen LogP contribution is 2.18. The van der Waals surface area contributed by atoms with Gasteiger partial charge in [0.05, 0.1) is 5.56 Å². The van der Waals surface area contributed by atoms with E-state index in [2.05, 4.69) is 44.1 Å². The number of carbonyl (C=O) groups is 1. The van der Waals surface area contributed by atoms with E-state index in [-0.39, 0.29) is 5.91 Å². The van der Waals surface area contributed by atoms with E-state index in [4.69, 9.17) is 0 Å². The van der Waals surface area contributed by atoms with Crippen molar-refractivity contribution in [1.29, 1.82) is 0 Å². The fourth-order valence-electron chi connectivity index (χ4n) is 1.26. The molecular formula is C12H15Br2NO. The smallest absolute Gasteiger partial charge is 0.252 e. The zero-order valence-corrected chi connectivity index (χ0v) is 12.6. The van der Waals surface area contributed by atoms with Gasteiger partial charge in [-0.2, -0.15) is 0 Å². The second kappa shape index (κ2) is 6.40. The van der Waals surface area contributed by atoms with Gasteiger partial charge in [-0.05, 0) is 41.4 Å². The van der Waals surface area contributed by atoms with Gasteiger partial charge in [0.1, 0.15) is 0 Å². The SMILES string of the molecule is CCC(Br)CNC(=O)c1cc(C)ccc1Br. The number of alkyl halides is 1. The summed E-state index contributed by atoms with van der Waals surface area (Å²) in [5.41, 5.74) is 1.77. The van der Waals surface area contributed by atoms with E-state index >= 15 is 0 Å². The van der Waals surface area contributed by atoms with E-state index in [1.54, 1.807) is 0 Å². The van der Waals surface area contributed by atoms with E-state index in [1.807, 2.05) is 25.1 Å². The largest absolute Gasteiger partial charge is 0.351 e. The van der Waals surface area contributed by atoms with Crippen molar-refractivity contribution in [3.05, 3.63) is 33.8 Å². The molecule has 88 valence electrons. The molecule has 1 aromatic carbocycles. The summed E-state index contributed by atoms with van der Waals surface area (Å²) in [4.78, 5) is 12.2. The van der Waals surface area contributed by atoms with Crippen LogP contribution >= 0.6 is 31.9 Å². The van der Waals surface area contributed by atoms with Crippen LogP contribution in [-0.2, 0) is 0 Å². The van der Waals surface area contributed by atoms with Crippen molar-refractivity contribution in [1.82, 2.24) is 5.32 Å². The second-order valence-corrected chi connectivity index (χ2v) is 5.85. The van der Waals surface area contributed by atoms with Crippen molar-refractivity contribution >= 4 is 37.8 Å². The number of aryl methyl sites for hydroxylation is 1. The molecule has 0 bridgehead atoms. The average Bonchev–Trinajstić information content (AvgIpc) is 2.28. The van der Waals surface area contributed by atoms with Crippen LogP contribution in [0.2, 0.25) is 0 Å². The molecule has 1 rings (SSSR count). The molecule has 0 fully saturated rings. The summed E-state index contributed by atoms with van der Waals surface area (Å²) in [7, 11) is 0. The van der Waals surface area contributed by atoms with E-state index < -0.39 is 0 Å². The third-order valence-electron chi connectivity index (χ3n) is 2.29. The first-order valence-corrected chi connectivity index (χ1v) is 6.94. The Kier molecular flexibility index (Phi) is 5.49. The molecule has 1 amide bonds. The minimum absolute atomic E-state index is 0.0338. The van der Waals surface area contributed by atoms with Gasteiger partial charge in [0, 0.05) is 15.8 Å². The van der Waals surface area contributed by atoms with Crippen molar-refractivity contribution in [2.75, 3.05) is 6.54 Å². The maximum Gasteiger partial charge on any atom is 0.252 e. The first kappa shape index (κ1) is 13.7. The standard InChI is InChI=1S/C12H15Br2NO/c1-3-9(13)7-15-12(16)10-6-8(2)4-5-11(10)14/h4-6,9H,3,7H2,1-2H3,(H,15,16). The number of carbonyl (C=O) groups excluding carboxylic acids is 1. The number of rotatable bonds is 4. The highest BCUT2D eigenvalue weighted by molar-refractivity contribution is 9.10. The summed E-state index contributed by atoms with van der Waals surface area (Å²) in [6.45, 7) is 4.70. The predicted octanol–water partition coefficient (Wildman–Crippen LogP) is 3.66. The van der Waals surface area contributed by atoms with E-state index in [9.17, 15) is 4.79 Å². The fraction of sp³-hybridized carbons (Fsp3) is 0.417. The molecule has 0 aliphatic heterocycles. The topological polar surface area (TPSA) is 29.1 Å². The van der Waals surface area contributed by atoms with Gasteiger partial charge in [-0.3, -0.25) is 4.79 Å². The molecule has 1 N–H and O–H groups in total. The highest BCUT2D eigenvalue weighted by atomic mass is 79.9. The maximum atomic E-state index is 11.9. The van der Waals surface area contributed by atoms with Crippen LogP contribution in [-0.4, -0.2) is 17.3 Å². The monoisotopic (exact) mass is 347 g/mol. The fourth-order valence-corrected chi connectivity index (χ4v) is 1.84. The van der Waals surface area contributed by atoms with Crippen LogP contribution in [0.4, 0.5) is 0 Å². The summed E-state index contributed by atoms with van der Waals surface area (Å²) in [5.74, 6) is -0.0338. The number of benzene rings is 1. The number of amides is 1. The highest BCUT2D eigenvalue weighted by Gasteiger charge is 2.11. The van der Waals surface area contributed by atoms with E-state index in [0.29, 0.717) is 16.9 Å². The average molecular weight is 349 g/mol. The first-order chi connectivity index (χ1) is 7.54. The Labute approximate surface area is 113 Å². The molecule has 1 aromatic rings. The molecule has 16 heavy (non-hydrogen) atoms. The maximum absolute atomic E-state index is 11.9. The Hall–Kier alpha value is -0.350. The molecule has 0 saturated carbocycles. The van der Waals surface area contributed by atoms with Crippen molar-refractivity contribution in [2.45, 2.75) is 25.1 Å². The lowest BCUT2D eigenvalue weighted by Crippen LogP contribution is -2.29. The Morgan fingerprint density at radius 2 is 2.19 bits per heavy atom. The van der Waals surface area contributed by atoms with Gasteiger partial charge in [-0.15, -0.1) is 0 Å². The molecule has 1 unspecified atom stereocenters. The zero-order chi connectivity index (χ0) is 12.1. The summed E-state index contributed by atoms with van der Waals surface area (Å²) in [6, 6.07) is 5.75. The minimum atomic E-state index is -0.0338. The third-order valence-corrected chi connectivity index (χ3v) is 3.96. The Bertz CT molecular complexity index is 379. The quantitative estimate of drug-likeness (QED) is 0.826. The van der Waals surface area contributed by atoms with Gasteiger partial charge in [-0.25, -0.2) is 0 Å². The molecule has 0 aliphatic carbocycles. The Morgan fingerprint density at radius 1 is 1.50 bits per heavy atom. The predicted molar refractivity (Wildman–Crippen MR) is 74.2 cm³/mol. The molecule has 0 heterocycles. The minimum Gasteiger partial charge on any atom is -0.351 e. The van der Waals surface area contributed by atoms with E-state index in [1.165, 1.54) is 0 Å². The van der Waals surface area contributed by atoms with Gasteiger partial charge in [-0.1, -0.05) is 34.5 Å². The number of halogens is 2. The van der Waals surface area contributed by atoms with Crippen LogP contribution in [0.3, 0.4) is 0 Å².